The number of alkyl halides is 1. The molecule has 0 fully saturated rings. The van der Waals surface area contributed by atoms with E-state index in [4.69, 9.17) is 0 Å². The fourth-order valence-electron chi connectivity index (χ4n) is 2.33. The van der Waals surface area contributed by atoms with Crippen molar-refractivity contribution in [2.24, 2.45) is 0 Å². The molecule has 5 nitrogen and oxygen atoms in total. The largest absolute Gasteiger partial charge is 0.271 e. The Kier molecular flexibility index (Phi) is 4.74. The monoisotopic (exact) mass is 315 g/mol. The van der Waals surface area contributed by atoms with Gasteiger partial charge in [0.1, 0.15) is 11.9 Å². The average molecular weight is 315 g/mol. The molecule has 1 aromatic heterocycles. The molecule has 1 heterocycles. The number of allylic oxidation sites excluding steroid dienone is 5. The van der Waals surface area contributed by atoms with Gasteiger partial charge in [0.15, 0.2) is 0 Å². The summed E-state index contributed by atoms with van der Waals surface area (Å²) in [5.74, 6) is 0. The van der Waals surface area contributed by atoms with E-state index < -0.39 is 11.1 Å². The number of nitrogens with zero attached hydrogens (tertiary/aromatic N) is 3. The molecule has 120 valence electrons. The van der Waals surface area contributed by atoms with E-state index in [-0.39, 0.29) is 11.4 Å². The number of benzene rings is 1. The zero-order valence-corrected chi connectivity index (χ0v) is 13.3. The Labute approximate surface area is 133 Å². The molecule has 23 heavy (non-hydrogen) atoms. The van der Waals surface area contributed by atoms with E-state index in [0.717, 1.165) is 5.57 Å². The Balaban J connectivity index is 2.82. The van der Waals surface area contributed by atoms with E-state index in [1.807, 2.05) is 19.9 Å². The molecule has 0 spiro atoms. The van der Waals surface area contributed by atoms with Gasteiger partial charge in [-0.05, 0) is 39.0 Å². The molecule has 0 amide bonds. The number of halogens is 1. The maximum absolute atomic E-state index is 13.9. The van der Waals surface area contributed by atoms with Gasteiger partial charge >= 0.3 is 0 Å². The number of fused-ring (bicyclic) bond motifs is 1. The van der Waals surface area contributed by atoms with Gasteiger partial charge in [0.05, 0.1) is 16.1 Å². The standard InChI is InChI=1S/C17H18FN3O2/c1-5-6-13(9-11(2)3)20-16-10-14(21(22)23)7-8-15(16)17(19-20)12(4)18/h5-10,12H,1H2,2-4H3/b13-6+. The van der Waals surface area contributed by atoms with E-state index in [2.05, 4.69) is 11.7 Å². The Hall–Kier alpha value is -2.76. The number of aromatic nitrogens is 2. The van der Waals surface area contributed by atoms with Crippen LogP contribution in [0.25, 0.3) is 16.6 Å². The lowest BCUT2D eigenvalue weighted by Gasteiger charge is -2.05. The lowest BCUT2D eigenvalue weighted by Crippen LogP contribution is -1.99. The SMILES string of the molecule is C=C/C=C(\C=C(C)C)n1nc(C(C)F)c2ccc([N+](=O)[O-])cc21. The van der Waals surface area contributed by atoms with Crippen molar-refractivity contribution < 1.29 is 9.31 Å². The fraction of sp³-hybridized carbons (Fsp3) is 0.235. The lowest BCUT2D eigenvalue weighted by molar-refractivity contribution is -0.384. The summed E-state index contributed by atoms with van der Waals surface area (Å²) in [7, 11) is 0. The third-order valence-electron chi connectivity index (χ3n) is 3.25. The van der Waals surface area contributed by atoms with Crippen LogP contribution in [0.1, 0.15) is 32.6 Å². The van der Waals surface area contributed by atoms with Crippen molar-refractivity contribution in [1.29, 1.82) is 0 Å². The molecule has 0 bridgehead atoms. The van der Waals surface area contributed by atoms with Crippen LogP contribution in [0, 0.1) is 10.1 Å². The molecule has 0 aliphatic carbocycles. The zero-order chi connectivity index (χ0) is 17.1. The quantitative estimate of drug-likeness (QED) is 0.444. The number of nitro groups is 1. The van der Waals surface area contributed by atoms with Gasteiger partial charge in [-0.15, -0.1) is 0 Å². The summed E-state index contributed by atoms with van der Waals surface area (Å²) in [6, 6.07) is 4.30. The second kappa shape index (κ2) is 6.56. The molecule has 1 unspecified atom stereocenters. The summed E-state index contributed by atoms with van der Waals surface area (Å²) < 4.78 is 15.4. The van der Waals surface area contributed by atoms with Crippen LogP contribution in [0.5, 0.6) is 0 Å². The van der Waals surface area contributed by atoms with Gasteiger partial charge in [-0.2, -0.15) is 5.10 Å². The first-order valence-electron chi connectivity index (χ1n) is 7.14. The van der Waals surface area contributed by atoms with Crippen molar-refractivity contribution in [2.75, 3.05) is 0 Å². The van der Waals surface area contributed by atoms with E-state index in [0.29, 0.717) is 16.6 Å². The molecule has 0 saturated heterocycles. The summed E-state index contributed by atoms with van der Waals surface area (Å²) in [6.45, 7) is 8.91. The third-order valence-corrected chi connectivity index (χ3v) is 3.25. The van der Waals surface area contributed by atoms with Crippen LogP contribution in [-0.2, 0) is 0 Å². The van der Waals surface area contributed by atoms with E-state index >= 15 is 0 Å². The minimum atomic E-state index is -1.28. The van der Waals surface area contributed by atoms with Crippen LogP contribution in [-0.4, -0.2) is 14.7 Å². The highest BCUT2D eigenvalue weighted by Gasteiger charge is 2.19. The topological polar surface area (TPSA) is 61.0 Å². The first-order chi connectivity index (χ1) is 10.8. The van der Waals surface area contributed by atoms with Gasteiger partial charge in [0, 0.05) is 17.5 Å². The smallest absolute Gasteiger partial charge is 0.258 e. The van der Waals surface area contributed by atoms with Crippen LogP contribution in [0.3, 0.4) is 0 Å². The van der Waals surface area contributed by atoms with Crippen LogP contribution < -0.4 is 0 Å². The number of hydrogen-bond acceptors (Lipinski definition) is 3. The Morgan fingerprint density at radius 2 is 2.17 bits per heavy atom. The fourth-order valence-corrected chi connectivity index (χ4v) is 2.33. The van der Waals surface area contributed by atoms with Crippen molar-refractivity contribution in [2.45, 2.75) is 26.9 Å². The molecular weight excluding hydrogens is 297 g/mol. The van der Waals surface area contributed by atoms with Gasteiger partial charge in [0.2, 0.25) is 0 Å². The van der Waals surface area contributed by atoms with E-state index in [9.17, 15) is 14.5 Å². The lowest BCUT2D eigenvalue weighted by atomic mass is 10.1. The summed E-state index contributed by atoms with van der Waals surface area (Å²) in [5, 5.41) is 15.9. The summed E-state index contributed by atoms with van der Waals surface area (Å²) in [4.78, 5) is 10.5. The van der Waals surface area contributed by atoms with Crippen molar-refractivity contribution in [3.63, 3.8) is 0 Å². The molecule has 1 atom stereocenters. The van der Waals surface area contributed by atoms with Crippen molar-refractivity contribution in [1.82, 2.24) is 9.78 Å². The molecule has 0 saturated carbocycles. The number of non-ortho nitro benzene ring substituents is 1. The first-order valence-corrected chi connectivity index (χ1v) is 7.14. The second-order valence-electron chi connectivity index (χ2n) is 5.42. The minimum absolute atomic E-state index is 0.0631. The normalized spacial score (nSPS) is 13.0. The third kappa shape index (κ3) is 3.36. The van der Waals surface area contributed by atoms with E-state index in [1.54, 1.807) is 12.2 Å². The number of hydrogen-bond donors (Lipinski definition) is 0. The van der Waals surface area contributed by atoms with Gasteiger partial charge in [-0.1, -0.05) is 18.2 Å². The predicted octanol–water partition coefficient (Wildman–Crippen LogP) is 4.97. The number of rotatable bonds is 5. The second-order valence-corrected chi connectivity index (χ2v) is 5.42. The van der Waals surface area contributed by atoms with Gasteiger partial charge in [0.25, 0.3) is 5.69 Å². The minimum Gasteiger partial charge on any atom is -0.258 e. The molecule has 2 aromatic rings. The van der Waals surface area contributed by atoms with Crippen molar-refractivity contribution in [3.05, 3.63) is 64.4 Å². The highest BCUT2D eigenvalue weighted by atomic mass is 19.1. The molecule has 1 aromatic carbocycles. The van der Waals surface area contributed by atoms with Gasteiger partial charge < -0.3 is 0 Å². The van der Waals surface area contributed by atoms with Crippen LogP contribution in [0.4, 0.5) is 10.1 Å². The molecule has 0 aliphatic rings. The zero-order valence-electron chi connectivity index (χ0n) is 13.3. The van der Waals surface area contributed by atoms with Gasteiger partial charge in [-0.25, -0.2) is 9.07 Å². The summed E-state index contributed by atoms with van der Waals surface area (Å²) >= 11 is 0. The summed E-state index contributed by atoms with van der Waals surface area (Å²) in [5.41, 5.74) is 2.36. The predicted molar refractivity (Wildman–Crippen MR) is 89.8 cm³/mol. The van der Waals surface area contributed by atoms with Crippen molar-refractivity contribution in [3.8, 4) is 0 Å². The van der Waals surface area contributed by atoms with Crippen molar-refractivity contribution >= 4 is 22.3 Å². The Morgan fingerprint density at radius 3 is 2.70 bits per heavy atom. The molecular formula is C17H18FN3O2. The summed E-state index contributed by atoms with van der Waals surface area (Å²) in [6.07, 6.45) is 3.90. The molecule has 0 radical (unpaired) electrons. The van der Waals surface area contributed by atoms with Crippen LogP contribution >= 0.6 is 0 Å². The number of nitro benzene ring substituents is 1. The van der Waals surface area contributed by atoms with E-state index in [1.165, 1.54) is 29.8 Å². The molecule has 0 N–H and O–H groups in total. The Morgan fingerprint density at radius 1 is 1.48 bits per heavy atom. The Bertz CT molecular complexity index is 828. The first kappa shape index (κ1) is 16.6. The molecule has 0 aliphatic heterocycles. The van der Waals surface area contributed by atoms with Gasteiger partial charge in [-0.3, -0.25) is 10.1 Å². The van der Waals surface area contributed by atoms with Crippen LogP contribution in [0.15, 0.2) is 48.6 Å². The highest BCUT2D eigenvalue weighted by molar-refractivity contribution is 5.88. The highest BCUT2D eigenvalue weighted by Crippen LogP contribution is 2.31. The maximum Gasteiger partial charge on any atom is 0.271 e. The maximum atomic E-state index is 13.9. The molecule has 2 rings (SSSR count). The average Bonchev–Trinajstić information content (AvgIpc) is 2.85. The molecule has 6 heteroatoms. The van der Waals surface area contributed by atoms with Crippen LogP contribution in [0.2, 0.25) is 0 Å².